The Balaban J connectivity index is 1.02. The molecule has 0 radical (unpaired) electrons. The number of hydrogen-bond acceptors (Lipinski definition) is 5. The van der Waals surface area contributed by atoms with Crippen molar-refractivity contribution in [3.63, 3.8) is 0 Å². The van der Waals surface area contributed by atoms with E-state index in [1.165, 1.54) is 5.69 Å². The third-order valence-corrected chi connectivity index (χ3v) is 12.1. The number of pyridine rings is 2. The van der Waals surface area contributed by atoms with E-state index in [9.17, 15) is 0 Å². The van der Waals surface area contributed by atoms with E-state index >= 15 is 0 Å². The molecule has 0 saturated heterocycles. The van der Waals surface area contributed by atoms with Crippen LogP contribution >= 0.6 is 0 Å². The molecule has 7 nitrogen and oxygen atoms in total. The molecule has 7 heteroatoms. The van der Waals surface area contributed by atoms with E-state index < -0.39 is 6.85 Å². The van der Waals surface area contributed by atoms with E-state index in [4.69, 9.17) is 13.8 Å². The molecule has 0 fully saturated rings. The van der Waals surface area contributed by atoms with E-state index in [0.717, 1.165) is 78.6 Å². The highest BCUT2D eigenvalue weighted by Crippen LogP contribution is 2.44. The Bertz CT molecular complexity index is 3430. The number of para-hydroxylation sites is 6. The Kier molecular flexibility index (Phi) is 7.51. The summed E-state index contributed by atoms with van der Waals surface area (Å²) in [5.41, 5.74) is 11.6. The Morgan fingerprint density at radius 2 is 1.06 bits per heavy atom. The van der Waals surface area contributed by atoms with E-state index in [0.29, 0.717) is 28.3 Å². The van der Waals surface area contributed by atoms with Crippen LogP contribution in [0.15, 0.2) is 195 Å². The smallest absolute Gasteiger partial charge is 0.146 e. The average molecular weight is 804 g/mol. The van der Waals surface area contributed by atoms with Crippen molar-refractivity contribution in [1.29, 1.82) is 0 Å². The molecule has 1 aliphatic heterocycles. The minimum Gasteiger partial charge on any atom is -0.456 e. The van der Waals surface area contributed by atoms with Gasteiger partial charge in [-0.05, 0) is 85.2 Å². The van der Waals surface area contributed by atoms with Gasteiger partial charge in [0.25, 0.3) is 0 Å². The van der Waals surface area contributed by atoms with Gasteiger partial charge < -0.3 is 23.7 Å². The first-order chi connectivity index (χ1) is 31.8. The average Bonchev–Trinajstić information content (AvgIpc) is 3.98. The lowest BCUT2D eigenvalue weighted by molar-refractivity contribution is 0.480. The Morgan fingerprint density at radius 3 is 1.68 bits per heavy atom. The zero-order valence-corrected chi connectivity index (χ0v) is 33.8. The lowest BCUT2D eigenvalue weighted by Crippen LogP contribution is -2.23. The highest BCUT2D eigenvalue weighted by atomic mass is 16.5. The molecule has 11 aromatic rings. The van der Waals surface area contributed by atoms with Gasteiger partial charge >= 0.3 is 0 Å². The number of anilines is 3. The van der Waals surface area contributed by atoms with E-state index in [2.05, 4.69) is 152 Å². The summed E-state index contributed by atoms with van der Waals surface area (Å²) in [7, 11) is 2.09. The topological polar surface area (TPSA) is 51.4 Å². The number of rotatable bonds is 7. The minimum absolute atomic E-state index is 0.174. The van der Waals surface area contributed by atoms with Gasteiger partial charge in [0.1, 0.15) is 11.5 Å². The summed E-state index contributed by atoms with van der Waals surface area (Å²) in [6.45, 7) is -1.81. The number of aryl methyl sites for hydroxylation is 1. The molecule has 0 amide bonds. The third-order valence-electron chi connectivity index (χ3n) is 12.1. The van der Waals surface area contributed by atoms with Crippen LogP contribution in [0.25, 0.3) is 77.4 Å². The molecule has 0 spiro atoms. The summed E-state index contributed by atoms with van der Waals surface area (Å²) in [5, 5.41) is 4.43. The monoisotopic (exact) mass is 803 g/mol. The Hall–Kier alpha value is -8.16. The first kappa shape index (κ1) is 32.7. The van der Waals surface area contributed by atoms with Gasteiger partial charge in [0, 0.05) is 73.5 Å². The standard InChI is InChI=1S/C55H40N6O/c1-36-29-46(37-30-40(33-56-32-37)62-39-16-13-15-38(31-39)59-35-58(2)51-25-11-12-26-52(51)59)57-34-45(36)55-53(60-47-21-7-3-17-41(47)42-18-4-8-22-48(42)60)27-14-28-54(55)61-49-23-9-5-19-43(49)44-20-6-10-24-50(44)61/h3-34H,35H2,1-2H3/i1D3. The molecular formula is C55H40N6O. The fourth-order valence-corrected chi connectivity index (χ4v) is 9.42. The van der Waals surface area contributed by atoms with Crippen LogP contribution in [0.2, 0.25) is 0 Å². The van der Waals surface area contributed by atoms with Crippen LogP contribution in [0.1, 0.15) is 9.68 Å². The van der Waals surface area contributed by atoms with E-state index in [1.807, 2.05) is 48.5 Å². The summed E-state index contributed by atoms with van der Waals surface area (Å²) in [4.78, 5) is 14.1. The van der Waals surface area contributed by atoms with Crippen molar-refractivity contribution in [1.82, 2.24) is 19.1 Å². The number of nitrogens with zero attached hydrogens (tertiary/aromatic N) is 6. The largest absolute Gasteiger partial charge is 0.456 e. The van der Waals surface area contributed by atoms with Crippen LogP contribution in [0.4, 0.5) is 17.1 Å². The maximum atomic E-state index is 9.12. The minimum atomic E-state index is -2.52. The number of benzene rings is 7. The van der Waals surface area contributed by atoms with Gasteiger partial charge in [-0.3, -0.25) is 9.97 Å². The normalized spacial score (nSPS) is 13.5. The predicted octanol–water partition coefficient (Wildman–Crippen LogP) is 13.7. The molecule has 62 heavy (non-hydrogen) atoms. The molecule has 0 atom stereocenters. The van der Waals surface area contributed by atoms with Crippen LogP contribution < -0.4 is 14.5 Å². The fraction of sp³-hybridized carbons (Fsp3) is 0.0545. The van der Waals surface area contributed by atoms with Crippen molar-refractivity contribution >= 4 is 60.7 Å². The molecule has 1 aliphatic rings. The predicted molar refractivity (Wildman–Crippen MR) is 255 cm³/mol. The summed E-state index contributed by atoms with van der Waals surface area (Å²) in [6, 6.07) is 59.6. The highest BCUT2D eigenvalue weighted by Gasteiger charge is 2.25. The molecular weight excluding hydrogens is 761 g/mol. The number of ether oxygens (including phenoxy) is 1. The second-order valence-electron chi connectivity index (χ2n) is 15.8. The zero-order chi connectivity index (χ0) is 43.8. The molecule has 12 rings (SSSR count). The highest BCUT2D eigenvalue weighted by molar-refractivity contribution is 6.12. The van der Waals surface area contributed by atoms with E-state index in [1.54, 1.807) is 24.7 Å². The second kappa shape index (κ2) is 14.2. The zero-order valence-electron chi connectivity index (χ0n) is 36.8. The van der Waals surface area contributed by atoms with Crippen molar-refractivity contribution in [2.45, 2.75) is 6.85 Å². The SMILES string of the molecule is [2H]C([2H])([2H])c1cc(-c2cncc(Oc3cccc(N4CN(C)c5ccccc54)c3)c2)ncc1-c1c(-n2c3ccccc3c3ccccc32)cccc1-n1c2ccccc2c2ccccc21. The van der Waals surface area contributed by atoms with Gasteiger partial charge in [-0.15, -0.1) is 0 Å². The Morgan fingerprint density at radius 1 is 0.516 bits per heavy atom. The van der Waals surface area contributed by atoms with Gasteiger partial charge in [0.2, 0.25) is 0 Å². The van der Waals surface area contributed by atoms with Gasteiger partial charge in [-0.1, -0.05) is 97.1 Å². The van der Waals surface area contributed by atoms with Crippen LogP contribution in [0.3, 0.4) is 0 Å². The van der Waals surface area contributed by atoms with Crippen molar-refractivity contribution in [3.05, 3.63) is 200 Å². The van der Waals surface area contributed by atoms with Crippen molar-refractivity contribution in [3.8, 4) is 45.3 Å². The number of aromatic nitrogens is 4. The van der Waals surface area contributed by atoms with Crippen molar-refractivity contribution in [2.24, 2.45) is 0 Å². The molecule has 0 aliphatic carbocycles. The Labute approximate surface area is 363 Å². The maximum Gasteiger partial charge on any atom is 0.146 e. The van der Waals surface area contributed by atoms with Crippen molar-refractivity contribution in [2.75, 3.05) is 23.5 Å². The lowest BCUT2D eigenvalue weighted by Gasteiger charge is -2.21. The number of hydrogen-bond donors (Lipinski definition) is 0. The van der Waals surface area contributed by atoms with Crippen LogP contribution in [0, 0.1) is 6.85 Å². The van der Waals surface area contributed by atoms with E-state index in [-0.39, 0.29) is 5.56 Å². The van der Waals surface area contributed by atoms with Crippen LogP contribution in [0.5, 0.6) is 11.5 Å². The second-order valence-corrected chi connectivity index (χ2v) is 15.8. The summed E-state index contributed by atoms with van der Waals surface area (Å²) < 4.78 is 38.3. The molecule has 0 unspecified atom stereocenters. The summed E-state index contributed by atoms with van der Waals surface area (Å²) >= 11 is 0. The van der Waals surface area contributed by atoms with Crippen LogP contribution in [-0.2, 0) is 0 Å². The van der Waals surface area contributed by atoms with Gasteiger partial charge in [0.05, 0.1) is 63.4 Å². The molecule has 0 saturated carbocycles. The third kappa shape index (κ3) is 5.66. The maximum absolute atomic E-state index is 9.12. The summed E-state index contributed by atoms with van der Waals surface area (Å²) in [5.74, 6) is 1.16. The first-order valence-electron chi connectivity index (χ1n) is 22.2. The van der Waals surface area contributed by atoms with Crippen molar-refractivity contribution < 1.29 is 8.85 Å². The molecule has 0 N–H and O–H groups in total. The van der Waals surface area contributed by atoms with Gasteiger partial charge in [-0.25, -0.2) is 0 Å². The molecule has 296 valence electrons. The molecule has 5 heterocycles. The van der Waals surface area contributed by atoms with Gasteiger partial charge in [0.15, 0.2) is 0 Å². The lowest BCUT2D eigenvalue weighted by atomic mass is 9.97. The quantitative estimate of drug-likeness (QED) is 0.161. The number of fused-ring (bicyclic) bond motifs is 7. The van der Waals surface area contributed by atoms with Crippen LogP contribution in [-0.4, -0.2) is 32.8 Å². The van der Waals surface area contributed by atoms with Gasteiger partial charge in [-0.2, -0.15) is 0 Å². The summed E-state index contributed by atoms with van der Waals surface area (Å²) in [6.07, 6.45) is 5.08. The fourth-order valence-electron chi connectivity index (χ4n) is 9.42. The first-order valence-corrected chi connectivity index (χ1v) is 20.7. The molecule has 0 bridgehead atoms. The molecule has 7 aromatic carbocycles. The molecule has 4 aromatic heterocycles.